The van der Waals surface area contributed by atoms with Crippen LogP contribution in [-0.4, -0.2) is 24.4 Å². The van der Waals surface area contributed by atoms with E-state index in [1.807, 2.05) is 6.07 Å². The quantitative estimate of drug-likeness (QED) is 0.291. The molecule has 0 atom stereocenters. The number of nitrogens with zero attached hydrogens (tertiary/aromatic N) is 5. The Morgan fingerprint density at radius 1 is 1.10 bits per heavy atom. The van der Waals surface area contributed by atoms with Crippen LogP contribution in [0.1, 0.15) is 0 Å². The molecule has 0 bridgehead atoms. The maximum Gasteiger partial charge on any atom is 0.296 e. The molecule has 4 heterocycles. The fourth-order valence-corrected chi connectivity index (χ4v) is 3.64. The largest absolute Gasteiger partial charge is 0.309 e. The second kappa shape index (κ2) is 6.85. The van der Waals surface area contributed by atoms with E-state index >= 15 is 0 Å². The van der Waals surface area contributed by atoms with Crippen LogP contribution in [0.4, 0.5) is 10.1 Å². The first kappa shape index (κ1) is 18.1. The topological polar surface area (TPSA) is 86.7 Å². The molecule has 5 aromatic rings. The highest BCUT2D eigenvalue weighted by molar-refractivity contribution is 6.30. The van der Waals surface area contributed by atoms with E-state index in [1.54, 1.807) is 35.2 Å². The van der Waals surface area contributed by atoms with Gasteiger partial charge in [-0.1, -0.05) is 11.6 Å². The SMILES string of the molecule is O=[N+]([O-])c1cn(-c2cc(-c3cc(Cl)ccc3F)nc3ncccc23)c2ccncc12. The molecule has 146 valence electrons. The van der Waals surface area contributed by atoms with E-state index in [0.29, 0.717) is 38.3 Å². The van der Waals surface area contributed by atoms with Crippen LogP contribution >= 0.6 is 11.6 Å². The molecule has 4 aromatic heterocycles. The second-order valence-electron chi connectivity index (χ2n) is 6.56. The average molecular weight is 420 g/mol. The Labute approximate surface area is 173 Å². The summed E-state index contributed by atoms with van der Waals surface area (Å²) in [5.74, 6) is -0.485. The lowest BCUT2D eigenvalue weighted by molar-refractivity contribution is -0.383. The number of aromatic nitrogens is 4. The minimum absolute atomic E-state index is 0.0811. The first-order chi connectivity index (χ1) is 14.5. The smallest absolute Gasteiger partial charge is 0.296 e. The van der Waals surface area contributed by atoms with E-state index in [-0.39, 0.29) is 11.3 Å². The Morgan fingerprint density at radius 3 is 2.80 bits per heavy atom. The van der Waals surface area contributed by atoms with Crippen molar-refractivity contribution < 1.29 is 9.31 Å². The van der Waals surface area contributed by atoms with Crippen molar-refractivity contribution in [1.82, 2.24) is 19.5 Å². The van der Waals surface area contributed by atoms with Crippen molar-refractivity contribution in [3.8, 4) is 16.9 Å². The molecule has 0 N–H and O–H groups in total. The number of halogens is 2. The molecule has 0 saturated heterocycles. The number of hydrogen-bond donors (Lipinski definition) is 0. The molecule has 9 heteroatoms. The molecule has 7 nitrogen and oxygen atoms in total. The lowest BCUT2D eigenvalue weighted by Crippen LogP contribution is -1.99. The summed E-state index contributed by atoms with van der Waals surface area (Å²) in [5, 5.41) is 13.0. The summed E-state index contributed by atoms with van der Waals surface area (Å²) in [6, 6.07) is 11.1. The van der Waals surface area contributed by atoms with Gasteiger partial charge >= 0.3 is 0 Å². The van der Waals surface area contributed by atoms with Crippen molar-refractivity contribution >= 4 is 39.2 Å². The second-order valence-corrected chi connectivity index (χ2v) is 7.00. The highest BCUT2D eigenvalue weighted by Crippen LogP contribution is 2.34. The third-order valence-corrected chi connectivity index (χ3v) is 5.04. The van der Waals surface area contributed by atoms with Crippen LogP contribution in [0.5, 0.6) is 0 Å². The fourth-order valence-electron chi connectivity index (χ4n) is 3.47. The minimum atomic E-state index is -0.485. The highest BCUT2D eigenvalue weighted by atomic mass is 35.5. The zero-order valence-electron chi connectivity index (χ0n) is 15.2. The van der Waals surface area contributed by atoms with E-state index < -0.39 is 10.7 Å². The van der Waals surface area contributed by atoms with Crippen LogP contribution in [0, 0.1) is 15.9 Å². The Balaban J connectivity index is 1.87. The highest BCUT2D eigenvalue weighted by Gasteiger charge is 2.21. The van der Waals surface area contributed by atoms with Gasteiger partial charge < -0.3 is 4.57 Å². The molecular weight excluding hydrogens is 409 g/mol. The van der Waals surface area contributed by atoms with Gasteiger partial charge in [-0.2, -0.15) is 0 Å². The van der Waals surface area contributed by atoms with Crippen molar-refractivity contribution in [1.29, 1.82) is 0 Å². The van der Waals surface area contributed by atoms with Crippen molar-refractivity contribution in [2.75, 3.05) is 0 Å². The van der Waals surface area contributed by atoms with E-state index in [4.69, 9.17) is 11.6 Å². The van der Waals surface area contributed by atoms with Gasteiger partial charge in [-0.05, 0) is 42.5 Å². The summed E-state index contributed by atoms with van der Waals surface area (Å²) in [5.41, 5.74) is 1.99. The molecular formula is C21H11ClFN5O2. The summed E-state index contributed by atoms with van der Waals surface area (Å²) < 4.78 is 16.2. The number of nitro groups is 1. The molecule has 0 amide bonds. The van der Waals surface area contributed by atoms with E-state index in [9.17, 15) is 14.5 Å². The third-order valence-electron chi connectivity index (χ3n) is 4.81. The van der Waals surface area contributed by atoms with Gasteiger partial charge in [-0.15, -0.1) is 0 Å². The molecule has 0 spiro atoms. The third kappa shape index (κ3) is 2.85. The summed E-state index contributed by atoms with van der Waals surface area (Å²) in [4.78, 5) is 23.9. The minimum Gasteiger partial charge on any atom is -0.309 e. The monoisotopic (exact) mass is 419 g/mol. The zero-order valence-corrected chi connectivity index (χ0v) is 15.9. The maximum absolute atomic E-state index is 14.5. The summed E-state index contributed by atoms with van der Waals surface area (Å²) >= 11 is 6.06. The number of rotatable bonds is 3. The summed E-state index contributed by atoms with van der Waals surface area (Å²) in [6.45, 7) is 0. The Morgan fingerprint density at radius 2 is 1.97 bits per heavy atom. The average Bonchev–Trinajstić information content (AvgIpc) is 3.14. The predicted molar refractivity (Wildman–Crippen MR) is 111 cm³/mol. The summed E-state index contributed by atoms with van der Waals surface area (Å²) in [7, 11) is 0. The van der Waals surface area contributed by atoms with Crippen molar-refractivity contribution in [2.24, 2.45) is 0 Å². The molecule has 0 fully saturated rings. The maximum atomic E-state index is 14.5. The standard InChI is InChI=1S/C21H11ClFN5O2/c22-12-3-4-16(23)14(8-12)17-9-19(13-2-1-6-25-21(13)26-17)27-11-20(28(29)30)15-10-24-7-5-18(15)27/h1-11H. The van der Waals surface area contributed by atoms with Crippen molar-refractivity contribution in [2.45, 2.75) is 0 Å². The molecule has 0 aliphatic carbocycles. The zero-order chi connectivity index (χ0) is 20.8. The molecule has 5 rings (SSSR count). The molecule has 30 heavy (non-hydrogen) atoms. The van der Waals surface area contributed by atoms with E-state index in [0.717, 1.165) is 0 Å². The van der Waals surface area contributed by atoms with Crippen LogP contribution in [0.25, 0.3) is 38.9 Å². The number of benzene rings is 1. The molecule has 0 unspecified atom stereocenters. The van der Waals surface area contributed by atoms with Gasteiger partial charge in [-0.3, -0.25) is 15.1 Å². The van der Waals surface area contributed by atoms with Crippen LogP contribution in [0.2, 0.25) is 5.02 Å². The molecule has 1 aromatic carbocycles. The first-order valence-corrected chi connectivity index (χ1v) is 9.22. The Bertz CT molecular complexity index is 1470. The normalized spacial score (nSPS) is 11.3. The Hall–Kier alpha value is -3.91. The Kier molecular flexibility index (Phi) is 4.14. The van der Waals surface area contributed by atoms with Crippen LogP contribution < -0.4 is 0 Å². The first-order valence-electron chi connectivity index (χ1n) is 8.84. The van der Waals surface area contributed by atoms with Crippen molar-refractivity contribution in [3.05, 3.63) is 88.2 Å². The van der Waals surface area contributed by atoms with Gasteiger partial charge in [0.05, 0.1) is 33.4 Å². The van der Waals surface area contributed by atoms with E-state index in [2.05, 4.69) is 15.0 Å². The lowest BCUT2D eigenvalue weighted by Gasteiger charge is -2.12. The van der Waals surface area contributed by atoms with E-state index in [1.165, 1.54) is 30.6 Å². The summed E-state index contributed by atoms with van der Waals surface area (Å²) in [6.07, 6.45) is 6.01. The lowest BCUT2D eigenvalue weighted by atomic mass is 10.1. The van der Waals surface area contributed by atoms with Crippen LogP contribution in [-0.2, 0) is 0 Å². The molecule has 0 aliphatic heterocycles. The molecule has 0 saturated carbocycles. The van der Waals surface area contributed by atoms with Gasteiger partial charge in [-0.25, -0.2) is 14.4 Å². The van der Waals surface area contributed by atoms with Gasteiger partial charge in [0, 0.05) is 34.6 Å². The van der Waals surface area contributed by atoms with Crippen LogP contribution in [0.15, 0.2) is 67.3 Å². The fraction of sp³-hybridized carbons (Fsp3) is 0. The van der Waals surface area contributed by atoms with Crippen molar-refractivity contribution in [3.63, 3.8) is 0 Å². The van der Waals surface area contributed by atoms with Gasteiger partial charge in [0.25, 0.3) is 5.69 Å². The van der Waals surface area contributed by atoms with Gasteiger partial charge in [0.2, 0.25) is 0 Å². The molecule has 0 aliphatic rings. The van der Waals surface area contributed by atoms with Gasteiger partial charge in [0.1, 0.15) is 5.82 Å². The number of pyridine rings is 3. The molecule has 0 radical (unpaired) electrons. The predicted octanol–water partition coefficient (Wildman–Crippen LogP) is 5.34. The number of fused-ring (bicyclic) bond motifs is 2. The number of hydrogen-bond acceptors (Lipinski definition) is 5. The van der Waals surface area contributed by atoms with Gasteiger partial charge in [0.15, 0.2) is 5.65 Å². The van der Waals surface area contributed by atoms with Crippen LogP contribution in [0.3, 0.4) is 0 Å².